The number of aromatic nitrogens is 2. The van der Waals surface area contributed by atoms with Gasteiger partial charge in [0.15, 0.2) is 0 Å². The van der Waals surface area contributed by atoms with Crippen molar-refractivity contribution in [3.8, 4) is 22.9 Å². The zero-order valence-corrected chi connectivity index (χ0v) is 14.2. The molecule has 0 atom stereocenters. The van der Waals surface area contributed by atoms with Gasteiger partial charge in [-0.3, -0.25) is 0 Å². The molecule has 0 unspecified atom stereocenters. The predicted molar refractivity (Wildman–Crippen MR) is 85.4 cm³/mol. The van der Waals surface area contributed by atoms with Gasteiger partial charge in [-0.05, 0) is 62.2 Å². The fraction of sp³-hybridized carbons (Fsp3) is 0. The van der Waals surface area contributed by atoms with Crippen LogP contribution >= 0.6 is 43.2 Å². The van der Waals surface area contributed by atoms with E-state index in [0.29, 0.717) is 17.3 Å². The lowest BCUT2D eigenvalue weighted by Crippen LogP contribution is -1.94. The molecule has 1 aromatic carbocycles. The monoisotopic (exact) mass is 428 g/mol. The number of hydrogen-bond donors (Lipinski definition) is 1. The zero-order chi connectivity index (χ0) is 15.0. The summed E-state index contributed by atoms with van der Waals surface area (Å²) < 4.78 is 7.48. The van der Waals surface area contributed by atoms with E-state index in [-0.39, 0.29) is 5.56 Å². The molecule has 0 bridgehead atoms. The van der Waals surface area contributed by atoms with Crippen LogP contribution in [0.25, 0.3) is 22.9 Å². The van der Waals surface area contributed by atoms with Gasteiger partial charge in [-0.1, -0.05) is 0 Å². The lowest BCUT2D eigenvalue weighted by atomic mass is 10.1. The summed E-state index contributed by atoms with van der Waals surface area (Å²) in [6.07, 6.45) is 0. The zero-order valence-electron chi connectivity index (χ0n) is 10.2. The smallest absolute Gasteiger partial charge is 0.335 e. The van der Waals surface area contributed by atoms with Gasteiger partial charge in [0, 0.05) is 5.56 Å². The molecule has 0 aliphatic carbocycles. The van der Waals surface area contributed by atoms with Gasteiger partial charge in [-0.25, -0.2) is 4.79 Å². The number of rotatable bonds is 3. The van der Waals surface area contributed by atoms with Crippen LogP contribution in [0.2, 0.25) is 0 Å². The number of carboxylic acids is 1. The standard InChI is InChI=1S/C13H6Br2N2O3S/c14-9-5-8(10(15)21-9)12-17-16-11(20-12)6-1-3-7(4-2-6)13(18)19/h1-5H,(H,18,19). The molecule has 3 rings (SSSR count). The minimum absolute atomic E-state index is 0.211. The van der Waals surface area contributed by atoms with E-state index in [1.807, 2.05) is 6.07 Å². The average molecular weight is 430 g/mol. The summed E-state index contributed by atoms with van der Waals surface area (Å²) in [7, 11) is 0. The van der Waals surface area contributed by atoms with E-state index in [2.05, 4.69) is 42.1 Å². The van der Waals surface area contributed by atoms with Crippen molar-refractivity contribution in [3.05, 3.63) is 43.5 Å². The quantitative estimate of drug-likeness (QED) is 0.653. The van der Waals surface area contributed by atoms with E-state index >= 15 is 0 Å². The van der Waals surface area contributed by atoms with Crippen LogP contribution in [0.4, 0.5) is 0 Å². The second kappa shape index (κ2) is 5.70. The van der Waals surface area contributed by atoms with E-state index in [9.17, 15) is 4.79 Å². The molecular formula is C13H6Br2N2O3S. The predicted octanol–water partition coefficient (Wildman–Crippen LogP) is 4.69. The van der Waals surface area contributed by atoms with Gasteiger partial charge in [0.2, 0.25) is 11.8 Å². The largest absolute Gasteiger partial charge is 0.478 e. The first-order valence-electron chi connectivity index (χ1n) is 5.67. The van der Waals surface area contributed by atoms with E-state index < -0.39 is 5.97 Å². The molecule has 3 aromatic rings. The van der Waals surface area contributed by atoms with Crippen molar-refractivity contribution in [2.45, 2.75) is 0 Å². The molecule has 2 aromatic heterocycles. The minimum atomic E-state index is -0.972. The number of carboxylic acid groups (broad SMARTS) is 1. The van der Waals surface area contributed by atoms with Gasteiger partial charge in [0.25, 0.3) is 0 Å². The average Bonchev–Trinajstić information content (AvgIpc) is 3.05. The number of benzene rings is 1. The summed E-state index contributed by atoms with van der Waals surface area (Å²) in [5, 5.41) is 16.9. The molecule has 0 saturated carbocycles. The number of aromatic carboxylic acids is 1. The first kappa shape index (κ1) is 14.4. The van der Waals surface area contributed by atoms with Crippen molar-refractivity contribution in [2.75, 3.05) is 0 Å². The molecule has 8 heteroatoms. The van der Waals surface area contributed by atoms with Crippen LogP contribution in [-0.2, 0) is 0 Å². The number of thiophene rings is 1. The fourth-order valence-electron chi connectivity index (χ4n) is 1.69. The third-order valence-corrected chi connectivity index (χ3v) is 5.03. The van der Waals surface area contributed by atoms with Gasteiger partial charge in [0.05, 0.1) is 18.7 Å². The van der Waals surface area contributed by atoms with Gasteiger partial charge in [-0.15, -0.1) is 21.5 Å². The van der Waals surface area contributed by atoms with Crippen LogP contribution in [0, 0.1) is 0 Å². The fourth-order valence-corrected chi connectivity index (χ4v) is 4.47. The summed E-state index contributed by atoms with van der Waals surface area (Å²) in [6, 6.07) is 8.16. The van der Waals surface area contributed by atoms with Gasteiger partial charge < -0.3 is 9.52 Å². The summed E-state index contributed by atoms with van der Waals surface area (Å²) in [6.45, 7) is 0. The van der Waals surface area contributed by atoms with Gasteiger partial charge in [-0.2, -0.15) is 0 Å². The van der Waals surface area contributed by atoms with E-state index in [0.717, 1.165) is 13.1 Å². The highest BCUT2D eigenvalue weighted by atomic mass is 79.9. The maximum Gasteiger partial charge on any atom is 0.335 e. The molecule has 0 spiro atoms. The molecule has 0 aliphatic rings. The number of nitrogens with zero attached hydrogens (tertiary/aromatic N) is 2. The maximum absolute atomic E-state index is 10.8. The lowest BCUT2D eigenvalue weighted by molar-refractivity contribution is 0.0697. The molecule has 0 radical (unpaired) electrons. The Morgan fingerprint density at radius 3 is 2.38 bits per heavy atom. The van der Waals surface area contributed by atoms with Crippen LogP contribution in [0.5, 0.6) is 0 Å². The summed E-state index contributed by atoms with van der Waals surface area (Å²) in [4.78, 5) is 10.8. The molecule has 0 aliphatic heterocycles. The second-order valence-electron chi connectivity index (χ2n) is 4.03. The molecule has 5 nitrogen and oxygen atoms in total. The van der Waals surface area contributed by atoms with Crippen molar-refractivity contribution < 1.29 is 14.3 Å². The Labute approximate surface area is 139 Å². The number of halogens is 2. The molecular weight excluding hydrogens is 424 g/mol. The third kappa shape index (κ3) is 2.92. The van der Waals surface area contributed by atoms with Crippen LogP contribution in [0.1, 0.15) is 10.4 Å². The highest BCUT2D eigenvalue weighted by Gasteiger charge is 2.15. The normalized spacial score (nSPS) is 10.8. The van der Waals surface area contributed by atoms with Crippen LogP contribution in [0.3, 0.4) is 0 Å². The van der Waals surface area contributed by atoms with Crippen molar-refractivity contribution in [3.63, 3.8) is 0 Å². The third-order valence-electron chi connectivity index (χ3n) is 2.69. The Morgan fingerprint density at radius 2 is 1.81 bits per heavy atom. The maximum atomic E-state index is 10.8. The van der Waals surface area contributed by atoms with Crippen LogP contribution in [-0.4, -0.2) is 21.3 Å². The van der Waals surface area contributed by atoms with Crippen LogP contribution < -0.4 is 0 Å². The van der Waals surface area contributed by atoms with Crippen molar-refractivity contribution >= 4 is 49.2 Å². The second-order valence-corrected chi connectivity index (χ2v) is 7.78. The summed E-state index contributed by atoms with van der Waals surface area (Å²) in [5.74, 6) is -0.225. The lowest BCUT2D eigenvalue weighted by Gasteiger charge is -1.96. The minimum Gasteiger partial charge on any atom is -0.478 e. The Hall–Kier alpha value is -1.51. The molecule has 106 valence electrons. The van der Waals surface area contributed by atoms with Gasteiger partial charge >= 0.3 is 5.97 Å². The molecule has 0 fully saturated rings. The van der Waals surface area contributed by atoms with E-state index in [1.165, 1.54) is 23.5 Å². The Balaban J connectivity index is 1.94. The highest BCUT2D eigenvalue weighted by Crippen LogP contribution is 2.38. The topological polar surface area (TPSA) is 76.2 Å². The van der Waals surface area contributed by atoms with E-state index in [4.69, 9.17) is 9.52 Å². The first-order valence-corrected chi connectivity index (χ1v) is 8.07. The SMILES string of the molecule is O=C(O)c1ccc(-c2nnc(-c3cc(Br)sc3Br)o2)cc1. The first-order chi connectivity index (χ1) is 10.0. The molecule has 21 heavy (non-hydrogen) atoms. The van der Waals surface area contributed by atoms with Crippen molar-refractivity contribution in [1.29, 1.82) is 0 Å². The van der Waals surface area contributed by atoms with Gasteiger partial charge in [0.1, 0.15) is 0 Å². The Morgan fingerprint density at radius 1 is 1.14 bits per heavy atom. The number of carbonyl (C=O) groups is 1. The van der Waals surface area contributed by atoms with Crippen LogP contribution in [0.15, 0.2) is 42.3 Å². The Bertz CT molecular complexity index is 811. The van der Waals surface area contributed by atoms with Crippen molar-refractivity contribution in [2.24, 2.45) is 0 Å². The highest BCUT2D eigenvalue weighted by molar-refractivity contribution is 9.12. The Kier molecular flexibility index (Phi) is 3.92. The summed E-state index contributed by atoms with van der Waals surface area (Å²) in [5.41, 5.74) is 1.69. The number of hydrogen-bond acceptors (Lipinski definition) is 5. The molecule has 2 heterocycles. The summed E-state index contributed by atoms with van der Waals surface area (Å²) >= 11 is 8.35. The van der Waals surface area contributed by atoms with E-state index in [1.54, 1.807) is 12.1 Å². The molecule has 1 N–H and O–H groups in total. The molecule has 0 amide bonds. The molecule has 0 saturated heterocycles. The van der Waals surface area contributed by atoms with Crippen molar-refractivity contribution in [1.82, 2.24) is 10.2 Å².